The summed E-state index contributed by atoms with van der Waals surface area (Å²) in [5.74, 6) is 3.06. The van der Waals surface area contributed by atoms with Crippen molar-refractivity contribution in [3.63, 3.8) is 0 Å². The van der Waals surface area contributed by atoms with Crippen molar-refractivity contribution < 1.29 is 4.79 Å². The second-order valence-corrected chi connectivity index (χ2v) is 4.63. The van der Waals surface area contributed by atoms with Gasteiger partial charge >= 0.3 is 0 Å². The van der Waals surface area contributed by atoms with Crippen LogP contribution in [0.3, 0.4) is 0 Å². The van der Waals surface area contributed by atoms with Gasteiger partial charge in [0, 0.05) is 23.8 Å². The van der Waals surface area contributed by atoms with Crippen molar-refractivity contribution >= 4 is 17.5 Å². The number of thioether (sulfide) groups is 1. The molecule has 1 rings (SSSR count). The van der Waals surface area contributed by atoms with Crippen LogP contribution in [0.25, 0.3) is 0 Å². The Bertz CT molecular complexity index is 145. The van der Waals surface area contributed by atoms with Gasteiger partial charge in [0.15, 0.2) is 0 Å². The Kier molecular flexibility index (Phi) is 4.74. The van der Waals surface area contributed by atoms with E-state index < -0.39 is 0 Å². The molecule has 1 fully saturated rings. The smallest absolute Gasteiger partial charge is 0.137 e. The molecule has 0 aromatic carbocycles. The maximum absolute atomic E-state index is 11.4. The topological polar surface area (TPSA) is 17.1 Å². The molecule has 0 spiro atoms. The van der Waals surface area contributed by atoms with Gasteiger partial charge in [0.05, 0.1) is 0 Å². The molecular weight excluding hydrogens is 168 g/mol. The van der Waals surface area contributed by atoms with E-state index >= 15 is 0 Å². The van der Waals surface area contributed by atoms with Crippen LogP contribution in [0.2, 0.25) is 0 Å². The number of rotatable bonds is 4. The zero-order valence-corrected chi connectivity index (χ0v) is 8.66. The van der Waals surface area contributed by atoms with Crippen LogP contribution in [0.5, 0.6) is 0 Å². The summed E-state index contributed by atoms with van der Waals surface area (Å²) in [4.78, 5) is 11.4. The summed E-state index contributed by atoms with van der Waals surface area (Å²) in [6.45, 7) is 2.21. The number of carbonyl (C=O) groups is 1. The molecule has 0 N–H and O–H groups in total. The minimum absolute atomic E-state index is 0.398. The molecule has 1 aliphatic heterocycles. The lowest BCUT2D eigenvalue weighted by atomic mass is 9.97. The molecule has 0 amide bonds. The Labute approximate surface area is 79.3 Å². The molecule has 0 bridgehead atoms. The second kappa shape index (κ2) is 5.63. The van der Waals surface area contributed by atoms with Crippen LogP contribution in [0.4, 0.5) is 0 Å². The predicted molar refractivity (Wildman–Crippen MR) is 54.6 cm³/mol. The Morgan fingerprint density at radius 3 is 3.00 bits per heavy atom. The van der Waals surface area contributed by atoms with E-state index in [1.807, 2.05) is 11.8 Å². The van der Waals surface area contributed by atoms with E-state index in [0.717, 1.165) is 24.3 Å². The van der Waals surface area contributed by atoms with Crippen molar-refractivity contribution in [3.8, 4) is 0 Å². The SMILES string of the molecule is CCCCCC1CSCCC1=O. The average Bonchev–Trinajstić information content (AvgIpc) is 2.09. The van der Waals surface area contributed by atoms with Crippen molar-refractivity contribution in [2.45, 2.75) is 39.0 Å². The molecule has 2 heteroatoms. The molecular formula is C10H18OS. The summed E-state index contributed by atoms with van der Waals surface area (Å²) in [5, 5.41) is 0. The van der Waals surface area contributed by atoms with Crippen LogP contribution in [0.15, 0.2) is 0 Å². The van der Waals surface area contributed by atoms with Crippen molar-refractivity contribution in [1.29, 1.82) is 0 Å². The molecule has 70 valence electrons. The molecule has 12 heavy (non-hydrogen) atoms. The van der Waals surface area contributed by atoms with Crippen LogP contribution < -0.4 is 0 Å². The fraction of sp³-hybridized carbons (Fsp3) is 0.900. The van der Waals surface area contributed by atoms with Crippen molar-refractivity contribution in [1.82, 2.24) is 0 Å². The lowest BCUT2D eigenvalue weighted by Crippen LogP contribution is -2.22. The predicted octanol–water partition coefficient (Wildman–Crippen LogP) is 2.89. The summed E-state index contributed by atoms with van der Waals surface area (Å²) < 4.78 is 0. The van der Waals surface area contributed by atoms with E-state index in [-0.39, 0.29) is 0 Å². The Morgan fingerprint density at radius 1 is 1.50 bits per heavy atom. The Hall–Kier alpha value is 0.0200. The van der Waals surface area contributed by atoms with Gasteiger partial charge in [-0.1, -0.05) is 26.2 Å². The van der Waals surface area contributed by atoms with Gasteiger partial charge in [0.2, 0.25) is 0 Å². The third-order valence-corrected chi connectivity index (χ3v) is 3.55. The minimum atomic E-state index is 0.398. The number of ketones is 1. The molecule has 1 heterocycles. The summed E-state index contributed by atoms with van der Waals surface area (Å²) in [5.41, 5.74) is 0. The summed E-state index contributed by atoms with van der Waals surface area (Å²) in [7, 11) is 0. The lowest BCUT2D eigenvalue weighted by molar-refractivity contribution is -0.122. The van der Waals surface area contributed by atoms with E-state index in [9.17, 15) is 4.79 Å². The number of unbranched alkanes of at least 4 members (excludes halogenated alkanes) is 2. The van der Waals surface area contributed by atoms with Crippen molar-refractivity contribution in [3.05, 3.63) is 0 Å². The number of hydrogen-bond donors (Lipinski definition) is 0. The first-order valence-electron chi connectivity index (χ1n) is 4.95. The van der Waals surface area contributed by atoms with Gasteiger partial charge in [-0.25, -0.2) is 0 Å². The molecule has 0 radical (unpaired) electrons. The highest BCUT2D eigenvalue weighted by Gasteiger charge is 2.21. The van der Waals surface area contributed by atoms with Crippen LogP contribution in [-0.2, 0) is 4.79 Å². The third-order valence-electron chi connectivity index (χ3n) is 2.42. The van der Waals surface area contributed by atoms with Crippen molar-refractivity contribution in [2.75, 3.05) is 11.5 Å². The first-order valence-corrected chi connectivity index (χ1v) is 6.10. The number of carbonyl (C=O) groups excluding carboxylic acids is 1. The normalized spacial score (nSPS) is 24.4. The van der Waals surface area contributed by atoms with E-state index in [0.29, 0.717) is 11.7 Å². The van der Waals surface area contributed by atoms with Gasteiger partial charge in [-0.05, 0) is 6.42 Å². The van der Waals surface area contributed by atoms with E-state index in [4.69, 9.17) is 0 Å². The van der Waals surface area contributed by atoms with Gasteiger partial charge in [-0.15, -0.1) is 0 Å². The highest BCUT2D eigenvalue weighted by molar-refractivity contribution is 7.99. The van der Waals surface area contributed by atoms with Crippen LogP contribution in [0.1, 0.15) is 39.0 Å². The maximum atomic E-state index is 11.4. The van der Waals surface area contributed by atoms with Crippen LogP contribution in [0, 0.1) is 5.92 Å². The molecule has 0 aliphatic carbocycles. The largest absolute Gasteiger partial charge is 0.299 e. The number of Topliss-reactive ketones (excluding diaryl/α,β-unsaturated/α-hetero) is 1. The first kappa shape index (κ1) is 10.1. The second-order valence-electron chi connectivity index (χ2n) is 3.48. The maximum Gasteiger partial charge on any atom is 0.137 e. The summed E-state index contributed by atoms with van der Waals surface area (Å²) in [6.07, 6.45) is 5.75. The van der Waals surface area contributed by atoms with Crippen molar-refractivity contribution in [2.24, 2.45) is 5.92 Å². The Balaban J connectivity index is 2.16. The molecule has 0 saturated carbocycles. The van der Waals surface area contributed by atoms with Crippen LogP contribution >= 0.6 is 11.8 Å². The van der Waals surface area contributed by atoms with Crippen LogP contribution in [-0.4, -0.2) is 17.3 Å². The average molecular weight is 186 g/mol. The first-order chi connectivity index (χ1) is 5.84. The summed E-state index contributed by atoms with van der Waals surface area (Å²) in [6, 6.07) is 0. The van der Waals surface area contributed by atoms with Gasteiger partial charge in [0.25, 0.3) is 0 Å². The molecule has 1 atom stereocenters. The van der Waals surface area contributed by atoms with E-state index in [1.54, 1.807) is 0 Å². The van der Waals surface area contributed by atoms with E-state index in [1.165, 1.54) is 19.3 Å². The molecule has 1 unspecified atom stereocenters. The van der Waals surface area contributed by atoms with E-state index in [2.05, 4.69) is 6.92 Å². The fourth-order valence-electron chi connectivity index (χ4n) is 1.58. The highest BCUT2D eigenvalue weighted by atomic mass is 32.2. The third kappa shape index (κ3) is 3.18. The Morgan fingerprint density at radius 2 is 2.33 bits per heavy atom. The molecule has 1 nitrogen and oxygen atoms in total. The van der Waals surface area contributed by atoms with Gasteiger partial charge in [-0.3, -0.25) is 4.79 Å². The number of hydrogen-bond acceptors (Lipinski definition) is 2. The standard InChI is InChI=1S/C10H18OS/c1-2-3-4-5-9-8-12-7-6-10(9)11/h9H,2-8H2,1H3. The zero-order valence-electron chi connectivity index (χ0n) is 7.84. The molecule has 1 aliphatic rings. The lowest BCUT2D eigenvalue weighted by Gasteiger charge is -2.19. The summed E-state index contributed by atoms with van der Waals surface area (Å²) >= 11 is 1.94. The minimum Gasteiger partial charge on any atom is -0.299 e. The highest BCUT2D eigenvalue weighted by Crippen LogP contribution is 2.23. The van der Waals surface area contributed by atoms with Gasteiger partial charge in [-0.2, -0.15) is 11.8 Å². The molecule has 0 aromatic rings. The monoisotopic (exact) mass is 186 g/mol. The molecule has 0 aromatic heterocycles. The zero-order chi connectivity index (χ0) is 8.81. The van der Waals surface area contributed by atoms with Gasteiger partial charge in [0.1, 0.15) is 5.78 Å². The fourth-order valence-corrected chi connectivity index (χ4v) is 2.73. The quantitative estimate of drug-likeness (QED) is 0.628. The van der Waals surface area contributed by atoms with Gasteiger partial charge < -0.3 is 0 Å². The molecule has 1 saturated heterocycles.